The lowest BCUT2D eigenvalue weighted by Gasteiger charge is -2.27. The van der Waals surface area contributed by atoms with Gasteiger partial charge in [0.2, 0.25) is 0 Å². The Balaban J connectivity index is 2.26. The largest absolute Gasteiger partial charge is 0.550 e. The number of halogens is 4. The molecule has 0 saturated carbocycles. The number of carbonyl (C=O) groups excluding carboxylic acids is 1. The monoisotopic (exact) mass is 400 g/mol. The van der Waals surface area contributed by atoms with Gasteiger partial charge in [-0.25, -0.2) is 0 Å². The summed E-state index contributed by atoms with van der Waals surface area (Å²) in [5, 5.41) is 11.0. The smallest absolute Gasteiger partial charge is 0.408 e. The van der Waals surface area contributed by atoms with Crippen LogP contribution in [0.1, 0.15) is 22.7 Å². The third-order valence-corrected chi connectivity index (χ3v) is 4.04. The summed E-state index contributed by atoms with van der Waals surface area (Å²) in [6.45, 7) is -0.0599. The first-order chi connectivity index (χ1) is 12.6. The maximum atomic E-state index is 13.4. The highest BCUT2D eigenvalue weighted by Crippen LogP contribution is 2.37. The molecule has 27 heavy (non-hydrogen) atoms. The molecule has 0 aromatic heterocycles. The molecule has 0 heterocycles. The number of aliphatic carboxylic acids is 1. The molecule has 4 nitrogen and oxygen atoms in total. The number of ether oxygens (including phenoxy) is 1. The maximum Gasteiger partial charge on any atom is 0.408 e. The van der Waals surface area contributed by atoms with Gasteiger partial charge in [-0.3, -0.25) is 4.90 Å². The Morgan fingerprint density at radius 2 is 1.89 bits per heavy atom. The molecule has 0 N–H and O–H groups in total. The van der Waals surface area contributed by atoms with Crippen molar-refractivity contribution < 1.29 is 27.8 Å². The van der Waals surface area contributed by atoms with Gasteiger partial charge < -0.3 is 14.6 Å². The highest BCUT2D eigenvalue weighted by Gasteiger charge is 2.42. The molecule has 1 atom stereocenters. The van der Waals surface area contributed by atoms with E-state index in [9.17, 15) is 23.1 Å². The standard InChI is InChI=1S/C19H19ClF3NO3/c1-24(2)18(19(21,22)23)14-7-12(8-15(20)9-14)11-27-16-6-4-3-5-13(16)10-17(25)26/h3-9,18H,10-11H2,1-2H3,(H,25,26)/p-1. The molecule has 0 bridgehead atoms. The second-order valence-electron chi connectivity index (χ2n) is 6.25. The number of alkyl halides is 3. The van der Waals surface area contributed by atoms with Crippen LogP contribution in [0.25, 0.3) is 0 Å². The van der Waals surface area contributed by atoms with Gasteiger partial charge >= 0.3 is 6.18 Å². The van der Waals surface area contributed by atoms with Crippen LogP contribution >= 0.6 is 11.6 Å². The van der Waals surface area contributed by atoms with Crippen molar-refractivity contribution in [2.45, 2.75) is 25.2 Å². The fraction of sp³-hybridized carbons (Fsp3) is 0.316. The van der Waals surface area contributed by atoms with Crippen molar-refractivity contribution in [1.82, 2.24) is 4.90 Å². The van der Waals surface area contributed by atoms with Gasteiger partial charge in [0.1, 0.15) is 18.4 Å². The minimum Gasteiger partial charge on any atom is -0.550 e. The van der Waals surface area contributed by atoms with Crippen LogP contribution in [-0.4, -0.2) is 31.1 Å². The highest BCUT2D eigenvalue weighted by molar-refractivity contribution is 6.30. The van der Waals surface area contributed by atoms with E-state index in [2.05, 4.69) is 0 Å². The number of rotatable bonds is 7. The molecule has 2 aromatic carbocycles. The van der Waals surface area contributed by atoms with E-state index in [0.717, 1.165) is 4.90 Å². The first-order valence-electron chi connectivity index (χ1n) is 8.01. The summed E-state index contributed by atoms with van der Waals surface area (Å²) in [5.74, 6) is -0.932. The van der Waals surface area contributed by atoms with Crippen LogP contribution in [0.15, 0.2) is 42.5 Å². The summed E-state index contributed by atoms with van der Waals surface area (Å²) in [6, 6.07) is 8.85. The highest BCUT2D eigenvalue weighted by atomic mass is 35.5. The van der Waals surface area contributed by atoms with Gasteiger partial charge in [-0.15, -0.1) is 0 Å². The predicted octanol–water partition coefficient (Wildman–Crippen LogP) is 3.38. The van der Waals surface area contributed by atoms with Crippen LogP contribution in [0.4, 0.5) is 13.2 Å². The van der Waals surface area contributed by atoms with Crippen LogP contribution in [-0.2, 0) is 17.8 Å². The molecule has 0 saturated heterocycles. The van der Waals surface area contributed by atoms with Crippen LogP contribution in [0.5, 0.6) is 5.75 Å². The Kier molecular flexibility index (Phi) is 6.73. The van der Waals surface area contributed by atoms with Crippen molar-refractivity contribution >= 4 is 17.6 Å². The second-order valence-corrected chi connectivity index (χ2v) is 6.68. The van der Waals surface area contributed by atoms with Crippen LogP contribution in [0.3, 0.4) is 0 Å². The van der Waals surface area contributed by atoms with E-state index in [4.69, 9.17) is 16.3 Å². The molecule has 2 aromatic rings. The van der Waals surface area contributed by atoms with Crippen LogP contribution < -0.4 is 9.84 Å². The summed E-state index contributed by atoms with van der Waals surface area (Å²) in [7, 11) is 2.68. The molecule has 1 unspecified atom stereocenters. The molecular weight excluding hydrogens is 383 g/mol. The van der Waals surface area contributed by atoms with Gasteiger partial charge in [-0.1, -0.05) is 35.9 Å². The molecular formula is C19H18ClF3NO3-. The molecule has 0 spiro atoms. The topological polar surface area (TPSA) is 52.6 Å². The molecule has 146 valence electrons. The Morgan fingerprint density at radius 3 is 2.48 bits per heavy atom. The average molecular weight is 401 g/mol. The molecule has 0 amide bonds. The minimum absolute atomic E-state index is 0.00150. The van der Waals surface area contributed by atoms with Crippen molar-refractivity contribution in [2.75, 3.05) is 14.1 Å². The van der Waals surface area contributed by atoms with Gasteiger partial charge in [0.25, 0.3) is 0 Å². The zero-order valence-corrected chi connectivity index (χ0v) is 15.5. The van der Waals surface area contributed by atoms with E-state index in [-0.39, 0.29) is 23.6 Å². The van der Waals surface area contributed by atoms with Crippen LogP contribution in [0, 0.1) is 0 Å². The summed E-state index contributed by atoms with van der Waals surface area (Å²) in [4.78, 5) is 11.9. The average Bonchev–Trinajstić information content (AvgIpc) is 2.51. The molecule has 0 fully saturated rings. The third-order valence-electron chi connectivity index (χ3n) is 3.82. The second kappa shape index (κ2) is 8.63. The Bertz CT molecular complexity index is 809. The van der Waals surface area contributed by atoms with Crippen molar-refractivity contribution in [3.8, 4) is 5.75 Å². The van der Waals surface area contributed by atoms with Crippen LogP contribution in [0.2, 0.25) is 5.02 Å². The Morgan fingerprint density at radius 1 is 1.22 bits per heavy atom. The lowest BCUT2D eigenvalue weighted by Crippen LogP contribution is -2.33. The minimum atomic E-state index is -4.46. The summed E-state index contributed by atoms with van der Waals surface area (Å²) >= 11 is 6.00. The number of carboxylic acid groups (broad SMARTS) is 1. The van der Waals surface area contributed by atoms with Gasteiger partial charge in [0.05, 0.1) is 0 Å². The lowest BCUT2D eigenvalue weighted by atomic mass is 10.0. The van der Waals surface area contributed by atoms with Crippen molar-refractivity contribution in [1.29, 1.82) is 0 Å². The van der Waals surface area contributed by atoms with E-state index in [0.29, 0.717) is 16.9 Å². The number of hydrogen-bond acceptors (Lipinski definition) is 4. The molecule has 0 aliphatic carbocycles. The van der Waals surface area contributed by atoms with E-state index in [1.165, 1.54) is 32.3 Å². The third kappa shape index (κ3) is 5.87. The van der Waals surface area contributed by atoms with E-state index >= 15 is 0 Å². The summed E-state index contributed by atoms with van der Waals surface area (Å²) in [5.41, 5.74) is 0.861. The molecule has 0 radical (unpaired) electrons. The molecule has 8 heteroatoms. The van der Waals surface area contributed by atoms with Crippen molar-refractivity contribution in [3.63, 3.8) is 0 Å². The number of nitrogens with zero attached hydrogens (tertiary/aromatic N) is 1. The van der Waals surface area contributed by atoms with Gasteiger partial charge in [0, 0.05) is 17.4 Å². The maximum absolute atomic E-state index is 13.4. The zero-order chi connectivity index (χ0) is 20.2. The Labute approximate surface area is 160 Å². The van der Waals surface area contributed by atoms with Gasteiger partial charge in [-0.2, -0.15) is 13.2 Å². The fourth-order valence-corrected chi connectivity index (χ4v) is 3.07. The SMILES string of the molecule is CN(C)C(c1cc(Cl)cc(COc2ccccc2CC(=O)[O-])c1)C(F)(F)F. The van der Waals surface area contributed by atoms with Gasteiger partial charge in [0.15, 0.2) is 0 Å². The molecule has 0 aliphatic rings. The van der Waals surface area contributed by atoms with Gasteiger partial charge in [-0.05, 0) is 49.0 Å². The van der Waals surface area contributed by atoms with E-state index < -0.39 is 18.2 Å². The van der Waals surface area contributed by atoms with E-state index in [1.54, 1.807) is 24.3 Å². The lowest BCUT2D eigenvalue weighted by molar-refractivity contribution is -0.304. The number of carbonyl (C=O) groups is 1. The first kappa shape index (κ1) is 21.1. The summed E-state index contributed by atoms with van der Waals surface area (Å²) < 4.78 is 45.7. The normalized spacial score (nSPS) is 12.9. The van der Waals surface area contributed by atoms with Crippen molar-refractivity contribution in [3.05, 3.63) is 64.2 Å². The number of carboxylic acids is 1. The number of para-hydroxylation sites is 1. The number of benzene rings is 2. The first-order valence-corrected chi connectivity index (χ1v) is 8.38. The quantitative estimate of drug-likeness (QED) is 0.715. The van der Waals surface area contributed by atoms with E-state index in [1.807, 2.05) is 0 Å². The molecule has 0 aliphatic heterocycles. The van der Waals surface area contributed by atoms with Crippen molar-refractivity contribution in [2.24, 2.45) is 0 Å². The fourth-order valence-electron chi connectivity index (χ4n) is 2.80. The summed E-state index contributed by atoms with van der Waals surface area (Å²) in [6.07, 6.45) is -4.79. The Hall–Kier alpha value is -2.25. The molecule has 2 rings (SSSR count). The zero-order valence-electron chi connectivity index (χ0n) is 14.7. The predicted molar refractivity (Wildman–Crippen MR) is 93.4 cm³/mol. The number of hydrogen-bond donors (Lipinski definition) is 0.